The van der Waals surface area contributed by atoms with Crippen LogP contribution in [-0.2, 0) is 16.1 Å². The zero-order valence-electron chi connectivity index (χ0n) is 20.0. The van der Waals surface area contributed by atoms with E-state index >= 15 is 0 Å². The van der Waals surface area contributed by atoms with Gasteiger partial charge in [-0.25, -0.2) is 0 Å². The summed E-state index contributed by atoms with van der Waals surface area (Å²) in [5.74, 6) is 1.65. The number of benzene rings is 1. The molecule has 2 fully saturated rings. The molecular weight excluding hydrogens is 462 g/mol. The highest BCUT2D eigenvalue weighted by Crippen LogP contribution is 2.34. The number of morpholine rings is 1. The van der Waals surface area contributed by atoms with Crippen molar-refractivity contribution in [3.63, 3.8) is 0 Å². The number of rotatable bonds is 9. The Morgan fingerprint density at radius 2 is 1.83 bits per heavy atom. The fourth-order valence-electron chi connectivity index (χ4n) is 5.19. The summed E-state index contributed by atoms with van der Waals surface area (Å²) in [5, 5.41) is 12.7. The number of nitrogens with one attached hydrogen (secondary N) is 1. The lowest BCUT2D eigenvalue weighted by Crippen LogP contribution is -2.59. The Hall–Kier alpha value is -2.62. The first-order chi connectivity index (χ1) is 17.2. The van der Waals surface area contributed by atoms with Crippen molar-refractivity contribution < 1.29 is 13.9 Å². The lowest BCUT2D eigenvalue weighted by molar-refractivity contribution is -0.119. The van der Waals surface area contributed by atoms with Crippen molar-refractivity contribution in [3.8, 4) is 11.6 Å². The van der Waals surface area contributed by atoms with E-state index in [1.54, 1.807) is 6.26 Å². The van der Waals surface area contributed by atoms with Gasteiger partial charge in [0.1, 0.15) is 0 Å². The number of thioether (sulfide) groups is 1. The minimum Gasteiger partial charge on any atom is -0.461 e. The van der Waals surface area contributed by atoms with Gasteiger partial charge in [-0.1, -0.05) is 61.4 Å². The van der Waals surface area contributed by atoms with Gasteiger partial charge in [-0.3, -0.25) is 14.3 Å². The molecule has 1 aliphatic heterocycles. The van der Waals surface area contributed by atoms with E-state index in [4.69, 9.17) is 9.15 Å². The molecule has 3 aromatic rings. The van der Waals surface area contributed by atoms with Crippen molar-refractivity contribution in [1.82, 2.24) is 25.0 Å². The molecule has 186 valence electrons. The predicted molar refractivity (Wildman–Crippen MR) is 135 cm³/mol. The fraction of sp³-hybridized carbons (Fsp3) is 0.500. The van der Waals surface area contributed by atoms with E-state index in [-0.39, 0.29) is 11.4 Å². The second kappa shape index (κ2) is 11.4. The van der Waals surface area contributed by atoms with Crippen LogP contribution in [0.15, 0.2) is 58.3 Å². The van der Waals surface area contributed by atoms with Gasteiger partial charge >= 0.3 is 0 Å². The molecule has 1 aliphatic carbocycles. The zero-order chi connectivity index (χ0) is 23.9. The third kappa shape index (κ3) is 5.79. The largest absolute Gasteiger partial charge is 0.461 e. The first kappa shape index (κ1) is 24.1. The Kier molecular flexibility index (Phi) is 7.85. The van der Waals surface area contributed by atoms with Gasteiger partial charge in [0.25, 0.3) is 0 Å². The monoisotopic (exact) mass is 495 g/mol. The molecule has 1 amide bonds. The molecule has 5 rings (SSSR count). The molecule has 1 aromatic carbocycles. The molecule has 0 spiro atoms. The van der Waals surface area contributed by atoms with Crippen LogP contribution < -0.4 is 5.32 Å². The average Bonchev–Trinajstić information content (AvgIpc) is 3.58. The average molecular weight is 496 g/mol. The summed E-state index contributed by atoms with van der Waals surface area (Å²) < 4.78 is 13.2. The van der Waals surface area contributed by atoms with Crippen molar-refractivity contribution >= 4 is 17.7 Å². The van der Waals surface area contributed by atoms with E-state index in [0.29, 0.717) is 35.6 Å². The van der Waals surface area contributed by atoms with Crippen LogP contribution >= 0.6 is 11.8 Å². The summed E-state index contributed by atoms with van der Waals surface area (Å²) in [6.07, 6.45) is 7.63. The number of hydrogen-bond donors (Lipinski definition) is 1. The maximum Gasteiger partial charge on any atom is 0.230 e. The third-order valence-electron chi connectivity index (χ3n) is 7.06. The number of ether oxygens (including phenoxy) is 1. The van der Waals surface area contributed by atoms with E-state index in [0.717, 1.165) is 44.7 Å². The summed E-state index contributed by atoms with van der Waals surface area (Å²) >= 11 is 1.42. The summed E-state index contributed by atoms with van der Waals surface area (Å²) in [5.41, 5.74) is 1.19. The molecule has 1 saturated heterocycles. The van der Waals surface area contributed by atoms with Crippen LogP contribution in [-0.4, -0.2) is 69.7 Å². The Balaban J connectivity index is 1.24. The van der Waals surface area contributed by atoms with Gasteiger partial charge in [-0.15, -0.1) is 10.2 Å². The number of amides is 1. The molecule has 8 nitrogen and oxygen atoms in total. The Bertz CT molecular complexity index is 1070. The number of nitrogens with zero attached hydrogens (tertiary/aromatic N) is 4. The van der Waals surface area contributed by atoms with E-state index in [2.05, 4.69) is 32.5 Å². The second-order valence-corrected chi connectivity index (χ2v) is 10.2. The topological polar surface area (TPSA) is 85.4 Å². The van der Waals surface area contributed by atoms with Gasteiger partial charge < -0.3 is 14.5 Å². The van der Waals surface area contributed by atoms with Crippen LogP contribution in [0.4, 0.5) is 0 Å². The van der Waals surface area contributed by atoms with Gasteiger partial charge in [0.05, 0.1) is 31.8 Å². The summed E-state index contributed by atoms with van der Waals surface area (Å²) in [7, 11) is 0. The molecule has 0 unspecified atom stereocenters. The third-order valence-corrected chi connectivity index (χ3v) is 8.02. The molecule has 0 radical (unpaired) electrons. The lowest BCUT2D eigenvalue weighted by atomic mass is 9.79. The summed E-state index contributed by atoms with van der Waals surface area (Å²) in [6, 6.07) is 13.9. The Labute approximate surface area is 210 Å². The van der Waals surface area contributed by atoms with E-state index in [1.807, 2.05) is 34.9 Å². The van der Waals surface area contributed by atoms with Gasteiger partial charge in [-0.05, 0) is 30.5 Å². The number of aromatic nitrogens is 3. The number of furan rings is 1. The highest BCUT2D eigenvalue weighted by Gasteiger charge is 2.38. The number of hydrogen-bond acceptors (Lipinski definition) is 7. The van der Waals surface area contributed by atoms with Crippen LogP contribution in [0.2, 0.25) is 0 Å². The minimum atomic E-state index is 0.0296. The highest BCUT2D eigenvalue weighted by atomic mass is 32.2. The second-order valence-electron chi connectivity index (χ2n) is 9.31. The Morgan fingerprint density at radius 1 is 1.03 bits per heavy atom. The molecule has 2 aromatic heterocycles. The standard InChI is InChI=1S/C26H33N5O3S/c32-23(27-20-26(11-5-2-6-12-26)30-13-16-33-17-14-30)19-35-25-29-28-24(22-10-7-15-34-22)31(25)18-21-8-3-1-4-9-21/h1,3-4,7-10,15H,2,5-6,11-14,16-20H2,(H,27,32). The molecule has 2 aliphatic rings. The van der Waals surface area contributed by atoms with Crippen LogP contribution in [0, 0.1) is 0 Å². The molecule has 9 heteroatoms. The van der Waals surface area contributed by atoms with Gasteiger partial charge in [-0.2, -0.15) is 0 Å². The normalized spacial score (nSPS) is 18.4. The number of carbonyl (C=O) groups excluding carboxylic acids is 1. The van der Waals surface area contributed by atoms with Crippen molar-refractivity contribution in [2.45, 2.75) is 49.3 Å². The zero-order valence-corrected chi connectivity index (χ0v) is 20.8. The predicted octanol–water partition coefficient (Wildman–Crippen LogP) is 3.83. The van der Waals surface area contributed by atoms with E-state index in [1.165, 1.54) is 31.0 Å². The molecule has 0 bridgehead atoms. The van der Waals surface area contributed by atoms with Crippen LogP contribution in [0.25, 0.3) is 11.6 Å². The first-order valence-electron chi connectivity index (χ1n) is 12.5. The first-order valence-corrected chi connectivity index (χ1v) is 13.5. The molecule has 3 heterocycles. The Morgan fingerprint density at radius 3 is 2.57 bits per heavy atom. The van der Waals surface area contributed by atoms with E-state index < -0.39 is 0 Å². The van der Waals surface area contributed by atoms with Gasteiger partial charge in [0.2, 0.25) is 11.7 Å². The van der Waals surface area contributed by atoms with Crippen LogP contribution in [0.5, 0.6) is 0 Å². The summed E-state index contributed by atoms with van der Waals surface area (Å²) in [4.78, 5) is 15.5. The lowest BCUT2D eigenvalue weighted by Gasteiger charge is -2.48. The van der Waals surface area contributed by atoms with E-state index in [9.17, 15) is 4.79 Å². The fourth-order valence-corrected chi connectivity index (χ4v) is 5.96. The number of carbonyl (C=O) groups is 1. The molecule has 1 saturated carbocycles. The minimum absolute atomic E-state index is 0.0296. The van der Waals surface area contributed by atoms with Crippen LogP contribution in [0.1, 0.15) is 37.7 Å². The van der Waals surface area contributed by atoms with Crippen LogP contribution in [0.3, 0.4) is 0 Å². The van der Waals surface area contributed by atoms with Crippen molar-refractivity contribution in [3.05, 3.63) is 54.3 Å². The maximum atomic E-state index is 12.9. The summed E-state index contributed by atoms with van der Waals surface area (Å²) in [6.45, 7) is 4.75. The molecule has 35 heavy (non-hydrogen) atoms. The molecule has 1 N–H and O–H groups in total. The van der Waals surface area contributed by atoms with Gasteiger partial charge in [0, 0.05) is 25.2 Å². The molecular formula is C26H33N5O3S. The smallest absolute Gasteiger partial charge is 0.230 e. The maximum absolute atomic E-state index is 12.9. The highest BCUT2D eigenvalue weighted by molar-refractivity contribution is 7.99. The van der Waals surface area contributed by atoms with Crippen molar-refractivity contribution in [2.24, 2.45) is 0 Å². The SMILES string of the molecule is O=C(CSc1nnc(-c2ccco2)n1Cc1ccccc1)NCC1(N2CCOCC2)CCCCC1. The molecule has 0 atom stereocenters. The van der Waals surface area contributed by atoms with Crippen molar-refractivity contribution in [2.75, 3.05) is 38.6 Å². The van der Waals surface area contributed by atoms with Crippen molar-refractivity contribution in [1.29, 1.82) is 0 Å². The quantitative estimate of drug-likeness (QED) is 0.452. The van der Waals surface area contributed by atoms with Gasteiger partial charge in [0.15, 0.2) is 10.9 Å².